The smallest absolute Gasteiger partial charge is 0.245 e. The van der Waals surface area contributed by atoms with Gasteiger partial charge in [0.2, 0.25) is 10.0 Å². The molecule has 8 heteroatoms. The predicted octanol–water partition coefficient (Wildman–Crippen LogP) is 1.34. The van der Waals surface area contributed by atoms with Gasteiger partial charge in [0.1, 0.15) is 10.7 Å². The van der Waals surface area contributed by atoms with Crippen molar-refractivity contribution in [1.29, 1.82) is 0 Å². The summed E-state index contributed by atoms with van der Waals surface area (Å²) < 4.78 is 27.0. The minimum absolute atomic E-state index is 0.0177. The number of H-pyrrole nitrogens is 1. The average molecular weight is 304 g/mol. The summed E-state index contributed by atoms with van der Waals surface area (Å²) in [5, 5.41) is 6.09. The Balaban J connectivity index is 2.07. The first-order valence-corrected chi connectivity index (χ1v) is 9.04. The second-order valence-electron chi connectivity index (χ2n) is 4.92. The summed E-state index contributed by atoms with van der Waals surface area (Å²) in [5.41, 5.74) is 5.56. The number of hydrogen-bond acceptors (Lipinski definition) is 5. The molecule has 0 atom stereocenters. The topological polar surface area (TPSA) is 101 Å². The third-order valence-electron chi connectivity index (χ3n) is 3.70. The highest BCUT2D eigenvalue weighted by molar-refractivity contribution is 8.00. The lowest BCUT2D eigenvalue weighted by Gasteiger charge is -2.35. The zero-order valence-electron chi connectivity index (χ0n) is 11.0. The maximum atomic E-state index is 12.2. The quantitative estimate of drug-likeness (QED) is 0.762. The normalized spacial score (nSPS) is 19.4. The van der Waals surface area contributed by atoms with Crippen molar-refractivity contribution in [2.75, 3.05) is 18.5 Å². The van der Waals surface area contributed by atoms with Crippen LogP contribution in [0.4, 0.5) is 5.82 Å². The molecule has 2 rings (SSSR count). The fraction of sp³-hybridized carbons (Fsp3) is 0.727. The lowest BCUT2D eigenvalue weighted by atomic mass is 9.88. The van der Waals surface area contributed by atoms with Crippen molar-refractivity contribution in [3.8, 4) is 0 Å². The molecule has 4 N–H and O–H groups in total. The Labute approximate surface area is 118 Å². The molecule has 108 valence electrons. The van der Waals surface area contributed by atoms with Crippen LogP contribution in [-0.2, 0) is 10.0 Å². The number of sulfonamides is 1. The SMILES string of the molecule is CSC1(CNS(=O)(=O)c2cn[nH]c2N)CCCCC1. The standard InChI is InChI=1S/C11H20N4O2S2/c1-18-11(5-3-2-4-6-11)8-14-19(16,17)9-7-13-15-10(9)12/h7,14H,2-6,8H2,1H3,(H3,12,13,15). The second-order valence-corrected chi connectivity index (χ2v) is 7.93. The summed E-state index contributed by atoms with van der Waals surface area (Å²) in [5.74, 6) is 0.0781. The number of anilines is 1. The Morgan fingerprint density at radius 2 is 2.16 bits per heavy atom. The Morgan fingerprint density at radius 1 is 1.47 bits per heavy atom. The lowest BCUT2D eigenvalue weighted by Crippen LogP contribution is -2.41. The second kappa shape index (κ2) is 5.72. The number of nitrogens with one attached hydrogen (secondary N) is 2. The van der Waals surface area contributed by atoms with E-state index in [1.807, 2.05) is 6.26 Å². The molecule has 1 aromatic rings. The van der Waals surface area contributed by atoms with Crippen LogP contribution >= 0.6 is 11.8 Å². The van der Waals surface area contributed by atoms with E-state index in [1.165, 1.54) is 12.6 Å². The van der Waals surface area contributed by atoms with Crippen LogP contribution in [-0.4, -0.2) is 36.2 Å². The van der Waals surface area contributed by atoms with E-state index in [2.05, 4.69) is 14.9 Å². The molecule has 1 fully saturated rings. The fourth-order valence-electron chi connectivity index (χ4n) is 2.45. The van der Waals surface area contributed by atoms with Crippen LogP contribution < -0.4 is 10.5 Å². The van der Waals surface area contributed by atoms with Crippen molar-refractivity contribution in [2.45, 2.75) is 41.7 Å². The van der Waals surface area contributed by atoms with E-state index in [4.69, 9.17) is 5.73 Å². The molecular formula is C11H20N4O2S2. The van der Waals surface area contributed by atoms with Crippen molar-refractivity contribution in [3.05, 3.63) is 6.20 Å². The Morgan fingerprint density at radius 3 is 2.68 bits per heavy atom. The van der Waals surface area contributed by atoms with Gasteiger partial charge in [-0.3, -0.25) is 5.10 Å². The van der Waals surface area contributed by atoms with Gasteiger partial charge in [0.15, 0.2) is 0 Å². The lowest BCUT2D eigenvalue weighted by molar-refractivity contribution is 0.395. The van der Waals surface area contributed by atoms with Gasteiger partial charge in [0.25, 0.3) is 0 Å². The van der Waals surface area contributed by atoms with Gasteiger partial charge in [0.05, 0.1) is 6.20 Å². The van der Waals surface area contributed by atoms with E-state index in [1.54, 1.807) is 11.8 Å². The minimum atomic E-state index is -3.58. The van der Waals surface area contributed by atoms with Gasteiger partial charge in [-0.15, -0.1) is 0 Å². The molecule has 0 aromatic carbocycles. The highest BCUT2D eigenvalue weighted by atomic mass is 32.2. The largest absolute Gasteiger partial charge is 0.383 e. The van der Waals surface area contributed by atoms with Crippen molar-refractivity contribution >= 4 is 27.6 Å². The van der Waals surface area contributed by atoms with Gasteiger partial charge >= 0.3 is 0 Å². The molecule has 0 bridgehead atoms. The molecule has 1 heterocycles. The summed E-state index contributed by atoms with van der Waals surface area (Å²) in [6.45, 7) is 0.446. The highest BCUT2D eigenvalue weighted by Crippen LogP contribution is 2.38. The number of aromatic amines is 1. The Bertz CT molecular complexity index is 521. The highest BCUT2D eigenvalue weighted by Gasteiger charge is 2.33. The third kappa shape index (κ3) is 3.24. The number of rotatable bonds is 5. The molecule has 0 unspecified atom stereocenters. The molecule has 0 amide bonds. The molecule has 19 heavy (non-hydrogen) atoms. The van der Waals surface area contributed by atoms with Crippen molar-refractivity contribution in [2.24, 2.45) is 0 Å². The summed E-state index contributed by atoms with van der Waals surface area (Å²) in [6.07, 6.45) is 8.96. The van der Waals surface area contributed by atoms with Crippen LogP contribution in [0.3, 0.4) is 0 Å². The van der Waals surface area contributed by atoms with Crippen LogP contribution in [0.2, 0.25) is 0 Å². The molecule has 6 nitrogen and oxygen atoms in total. The molecule has 1 aliphatic rings. The predicted molar refractivity (Wildman–Crippen MR) is 77.5 cm³/mol. The molecule has 1 saturated carbocycles. The maximum Gasteiger partial charge on any atom is 0.245 e. The number of nitrogens with zero attached hydrogens (tertiary/aromatic N) is 1. The molecule has 0 aliphatic heterocycles. The van der Waals surface area contributed by atoms with E-state index in [-0.39, 0.29) is 15.5 Å². The maximum absolute atomic E-state index is 12.2. The number of thioether (sulfide) groups is 1. The number of hydrogen-bond donors (Lipinski definition) is 3. The Hall–Kier alpha value is -0.730. The zero-order valence-corrected chi connectivity index (χ0v) is 12.6. The zero-order chi connectivity index (χ0) is 13.9. The summed E-state index contributed by atoms with van der Waals surface area (Å²) in [7, 11) is -3.58. The van der Waals surface area contributed by atoms with Crippen LogP contribution in [0.25, 0.3) is 0 Å². The van der Waals surface area contributed by atoms with Crippen LogP contribution in [0.15, 0.2) is 11.1 Å². The first kappa shape index (κ1) is 14.7. The van der Waals surface area contributed by atoms with Gasteiger partial charge in [-0.05, 0) is 19.1 Å². The first-order chi connectivity index (χ1) is 8.99. The molecule has 1 aromatic heterocycles. The summed E-state index contributed by atoms with van der Waals surface area (Å²) in [6, 6.07) is 0. The first-order valence-electron chi connectivity index (χ1n) is 6.33. The van der Waals surface area contributed by atoms with E-state index in [9.17, 15) is 8.42 Å². The van der Waals surface area contributed by atoms with Gasteiger partial charge in [0, 0.05) is 11.3 Å². The fourth-order valence-corrected chi connectivity index (χ4v) is 4.61. The van der Waals surface area contributed by atoms with Gasteiger partial charge in [-0.1, -0.05) is 19.3 Å². The average Bonchev–Trinajstić information content (AvgIpc) is 2.85. The van der Waals surface area contributed by atoms with E-state index >= 15 is 0 Å². The van der Waals surface area contributed by atoms with Crippen molar-refractivity contribution < 1.29 is 8.42 Å². The number of nitrogens with two attached hydrogens (primary N) is 1. The van der Waals surface area contributed by atoms with Crippen LogP contribution in [0.5, 0.6) is 0 Å². The van der Waals surface area contributed by atoms with Crippen LogP contribution in [0, 0.1) is 0 Å². The van der Waals surface area contributed by atoms with Crippen molar-refractivity contribution in [1.82, 2.24) is 14.9 Å². The van der Waals surface area contributed by atoms with E-state index in [0.29, 0.717) is 6.54 Å². The summed E-state index contributed by atoms with van der Waals surface area (Å²) in [4.78, 5) is 0.0274. The molecular weight excluding hydrogens is 284 g/mol. The van der Waals surface area contributed by atoms with Crippen molar-refractivity contribution in [3.63, 3.8) is 0 Å². The molecule has 0 spiro atoms. The van der Waals surface area contributed by atoms with Crippen LogP contribution in [0.1, 0.15) is 32.1 Å². The molecule has 1 aliphatic carbocycles. The van der Waals surface area contributed by atoms with E-state index in [0.717, 1.165) is 25.7 Å². The number of aromatic nitrogens is 2. The number of nitrogen functional groups attached to an aromatic ring is 1. The summed E-state index contributed by atoms with van der Waals surface area (Å²) >= 11 is 1.75. The monoisotopic (exact) mass is 304 g/mol. The molecule has 0 radical (unpaired) electrons. The van der Waals surface area contributed by atoms with Gasteiger partial charge in [-0.25, -0.2) is 13.1 Å². The third-order valence-corrected chi connectivity index (χ3v) is 6.55. The van der Waals surface area contributed by atoms with E-state index < -0.39 is 10.0 Å². The Kier molecular flexibility index (Phi) is 4.42. The molecule has 0 saturated heterocycles. The van der Waals surface area contributed by atoms with Gasteiger partial charge in [-0.2, -0.15) is 16.9 Å². The van der Waals surface area contributed by atoms with Gasteiger partial charge < -0.3 is 5.73 Å². The minimum Gasteiger partial charge on any atom is -0.383 e.